The van der Waals surface area contributed by atoms with Crippen molar-refractivity contribution < 1.29 is 14.3 Å². The van der Waals surface area contributed by atoms with Crippen molar-refractivity contribution in [2.45, 2.75) is 19.4 Å². The minimum absolute atomic E-state index is 0.132. The average molecular weight is 369 g/mol. The monoisotopic (exact) mass is 369 g/mol. The molecule has 1 aromatic heterocycles. The Bertz CT molecular complexity index is 752. The Morgan fingerprint density at radius 3 is 2.59 bits per heavy atom. The largest absolute Gasteiger partial charge is 0.497 e. The van der Waals surface area contributed by atoms with Gasteiger partial charge in [0.1, 0.15) is 11.5 Å². The first-order valence-corrected chi connectivity index (χ1v) is 9.29. The maximum atomic E-state index is 12.9. The predicted molar refractivity (Wildman–Crippen MR) is 104 cm³/mol. The number of carbonyl (C=O) groups excluding carboxylic acids is 1. The van der Waals surface area contributed by atoms with Gasteiger partial charge in [-0.15, -0.1) is 0 Å². The van der Waals surface area contributed by atoms with Crippen molar-refractivity contribution in [1.82, 2.24) is 14.8 Å². The molecule has 6 heteroatoms. The van der Waals surface area contributed by atoms with Crippen molar-refractivity contribution >= 4 is 5.91 Å². The molecule has 144 valence electrons. The van der Waals surface area contributed by atoms with Crippen molar-refractivity contribution in [3.63, 3.8) is 0 Å². The van der Waals surface area contributed by atoms with Gasteiger partial charge in [0, 0.05) is 50.7 Å². The van der Waals surface area contributed by atoms with E-state index in [-0.39, 0.29) is 5.91 Å². The van der Waals surface area contributed by atoms with Gasteiger partial charge in [0.15, 0.2) is 0 Å². The lowest BCUT2D eigenvalue weighted by Gasteiger charge is -2.22. The lowest BCUT2D eigenvalue weighted by molar-refractivity contribution is -0.130. The maximum Gasteiger partial charge on any atom is 0.227 e. The van der Waals surface area contributed by atoms with Crippen LogP contribution in [-0.4, -0.2) is 61.1 Å². The van der Waals surface area contributed by atoms with Crippen LogP contribution in [0.3, 0.4) is 0 Å². The summed E-state index contributed by atoms with van der Waals surface area (Å²) in [5.74, 6) is 1.59. The summed E-state index contributed by atoms with van der Waals surface area (Å²) in [6.45, 7) is 4.31. The third-order valence-electron chi connectivity index (χ3n) is 4.93. The summed E-state index contributed by atoms with van der Waals surface area (Å²) in [7, 11) is 3.25. The quantitative estimate of drug-likeness (QED) is 0.783. The van der Waals surface area contributed by atoms with Crippen LogP contribution in [0.2, 0.25) is 0 Å². The van der Waals surface area contributed by atoms with Gasteiger partial charge in [-0.25, -0.2) is 0 Å². The molecule has 6 nitrogen and oxygen atoms in total. The van der Waals surface area contributed by atoms with Gasteiger partial charge in [-0.2, -0.15) is 0 Å². The minimum Gasteiger partial charge on any atom is -0.497 e. The number of hydrogen-bond acceptors (Lipinski definition) is 5. The van der Waals surface area contributed by atoms with Crippen LogP contribution in [-0.2, 0) is 17.8 Å². The fourth-order valence-electron chi connectivity index (χ4n) is 3.42. The van der Waals surface area contributed by atoms with E-state index in [2.05, 4.69) is 9.88 Å². The number of ether oxygens (including phenoxy) is 2. The number of rotatable bonds is 6. The van der Waals surface area contributed by atoms with Crippen molar-refractivity contribution in [3.05, 3.63) is 53.9 Å². The SMILES string of the molecule is COc1ccc(OC)c(CC(=O)N2CCCN(Cc3ccncc3)CC2)c1. The second-order valence-electron chi connectivity index (χ2n) is 6.72. The fourth-order valence-corrected chi connectivity index (χ4v) is 3.42. The first-order valence-electron chi connectivity index (χ1n) is 9.29. The summed E-state index contributed by atoms with van der Waals surface area (Å²) in [5, 5.41) is 0. The van der Waals surface area contributed by atoms with Gasteiger partial charge >= 0.3 is 0 Å². The van der Waals surface area contributed by atoms with Crippen LogP contribution in [0.1, 0.15) is 17.5 Å². The van der Waals surface area contributed by atoms with Gasteiger partial charge in [-0.05, 0) is 42.3 Å². The van der Waals surface area contributed by atoms with E-state index >= 15 is 0 Å². The Hall–Kier alpha value is -2.60. The average Bonchev–Trinajstić information content (AvgIpc) is 2.94. The van der Waals surface area contributed by atoms with Gasteiger partial charge in [-0.3, -0.25) is 14.7 Å². The molecule has 0 atom stereocenters. The van der Waals surface area contributed by atoms with Crippen LogP contribution in [0, 0.1) is 0 Å². The molecule has 0 aliphatic carbocycles. The molecule has 2 aromatic rings. The molecule has 1 aliphatic rings. The molecule has 1 aromatic carbocycles. The van der Waals surface area contributed by atoms with Crippen molar-refractivity contribution in [3.8, 4) is 11.5 Å². The molecule has 0 N–H and O–H groups in total. The molecule has 0 unspecified atom stereocenters. The third kappa shape index (κ3) is 5.20. The Morgan fingerprint density at radius 2 is 1.85 bits per heavy atom. The van der Waals surface area contributed by atoms with Gasteiger partial charge in [0.05, 0.1) is 20.6 Å². The zero-order chi connectivity index (χ0) is 19.1. The molecule has 1 amide bonds. The molecule has 0 radical (unpaired) electrons. The van der Waals surface area contributed by atoms with E-state index in [4.69, 9.17) is 9.47 Å². The predicted octanol–water partition coefficient (Wildman–Crippen LogP) is 2.38. The lowest BCUT2D eigenvalue weighted by Crippen LogP contribution is -2.36. The molecular weight excluding hydrogens is 342 g/mol. The highest BCUT2D eigenvalue weighted by molar-refractivity contribution is 5.79. The molecule has 1 fully saturated rings. The zero-order valence-electron chi connectivity index (χ0n) is 16.1. The molecule has 0 bridgehead atoms. The maximum absolute atomic E-state index is 12.9. The molecule has 0 spiro atoms. The normalized spacial score (nSPS) is 15.3. The topological polar surface area (TPSA) is 54.9 Å². The van der Waals surface area contributed by atoms with E-state index in [0.29, 0.717) is 6.42 Å². The molecular formula is C21H27N3O3. The molecule has 3 rings (SSSR count). The van der Waals surface area contributed by atoms with Crippen LogP contribution in [0.4, 0.5) is 0 Å². The minimum atomic E-state index is 0.132. The Labute approximate surface area is 160 Å². The lowest BCUT2D eigenvalue weighted by atomic mass is 10.1. The first-order chi connectivity index (χ1) is 13.2. The fraction of sp³-hybridized carbons (Fsp3) is 0.429. The Kier molecular flexibility index (Phi) is 6.65. The van der Waals surface area contributed by atoms with Gasteiger partial charge in [0.2, 0.25) is 5.91 Å². The molecule has 0 saturated carbocycles. The second kappa shape index (κ2) is 9.37. The van der Waals surface area contributed by atoms with Crippen LogP contribution in [0.15, 0.2) is 42.7 Å². The molecule has 1 aliphatic heterocycles. The summed E-state index contributed by atoms with van der Waals surface area (Å²) in [6.07, 6.45) is 4.95. The van der Waals surface area contributed by atoms with Crippen LogP contribution < -0.4 is 9.47 Å². The van der Waals surface area contributed by atoms with E-state index in [1.807, 2.05) is 47.6 Å². The van der Waals surface area contributed by atoms with E-state index in [1.54, 1.807) is 14.2 Å². The van der Waals surface area contributed by atoms with E-state index < -0.39 is 0 Å². The van der Waals surface area contributed by atoms with E-state index in [0.717, 1.165) is 56.2 Å². The summed E-state index contributed by atoms with van der Waals surface area (Å²) < 4.78 is 10.7. The van der Waals surface area contributed by atoms with Crippen molar-refractivity contribution in [1.29, 1.82) is 0 Å². The number of hydrogen-bond donors (Lipinski definition) is 0. The third-order valence-corrected chi connectivity index (χ3v) is 4.93. The summed E-state index contributed by atoms with van der Waals surface area (Å²) >= 11 is 0. The van der Waals surface area contributed by atoms with E-state index in [9.17, 15) is 4.79 Å². The number of amides is 1. The number of aromatic nitrogens is 1. The highest BCUT2D eigenvalue weighted by Crippen LogP contribution is 2.25. The first kappa shape index (κ1) is 19.2. The number of methoxy groups -OCH3 is 2. The van der Waals surface area contributed by atoms with Crippen molar-refractivity contribution in [2.24, 2.45) is 0 Å². The number of nitrogens with zero attached hydrogens (tertiary/aromatic N) is 3. The number of benzene rings is 1. The molecule has 1 saturated heterocycles. The van der Waals surface area contributed by atoms with Crippen molar-refractivity contribution in [2.75, 3.05) is 40.4 Å². The molecule has 27 heavy (non-hydrogen) atoms. The number of pyridine rings is 1. The standard InChI is InChI=1S/C21H27N3O3/c1-26-19-4-5-20(27-2)18(14-19)15-21(25)24-11-3-10-23(12-13-24)16-17-6-8-22-9-7-17/h4-9,14H,3,10-13,15-16H2,1-2H3. The van der Waals surface area contributed by atoms with Gasteiger partial charge < -0.3 is 14.4 Å². The molecule has 2 heterocycles. The summed E-state index contributed by atoms with van der Waals surface area (Å²) in [4.78, 5) is 21.3. The zero-order valence-corrected chi connectivity index (χ0v) is 16.1. The Balaban J connectivity index is 1.59. The van der Waals surface area contributed by atoms with Crippen LogP contribution in [0.25, 0.3) is 0 Å². The highest BCUT2D eigenvalue weighted by Gasteiger charge is 2.20. The van der Waals surface area contributed by atoms with Crippen LogP contribution >= 0.6 is 0 Å². The highest BCUT2D eigenvalue weighted by atomic mass is 16.5. The Morgan fingerprint density at radius 1 is 1.04 bits per heavy atom. The number of carbonyl (C=O) groups is 1. The van der Waals surface area contributed by atoms with E-state index in [1.165, 1.54) is 5.56 Å². The summed E-state index contributed by atoms with van der Waals surface area (Å²) in [6, 6.07) is 9.66. The smallest absolute Gasteiger partial charge is 0.227 e. The van der Waals surface area contributed by atoms with Gasteiger partial charge in [-0.1, -0.05) is 0 Å². The summed E-state index contributed by atoms with van der Waals surface area (Å²) in [5.41, 5.74) is 2.12. The van der Waals surface area contributed by atoms with Crippen LogP contribution in [0.5, 0.6) is 11.5 Å². The van der Waals surface area contributed by atoms with Gasteiger partial charge in [0.25, 0.3) is 0 Å². The second-order valence-corrected chi connectivity index (χ2v) is 6.72.